The molecule has 0 N–H and O–H groups in total. The summed E-state index contributed by atoms with van der Waals surface area (Å²) in [7, 11) is 0. The van der Waals surface area contributed by atoms with Gasteiger partial charge in [0.1, 0.15) is 0 Å². The van der Waals surface area contributed by atoms with E-state index in [1.54, 1.807) is 13.8 Å². The van der Waals surface area contributed by atoms with Gasteiger partial charge >= 0.3 is 204 Å². The van der Waals surface area contributed by atoms with Gasteiger partial charge in [0.15, 0.2) is 0 Å². The molecule has 3 aliphatic heterocycles. The van der Waals surface area contributed by atoms with Crippen molar-refractivity contribution in [3.05, 3.63) is 0 Å². The molecule has 33 heavy (non-hydrogen) atoms. The fourth-order valence-electron chi connectivity index (χ4n) is 5.91. The zero-order valence-electron chi connectivity index (χ0n) is 21.8. The first-order valence-corrected chi connectivity index (χ1v) is 20.6. The van der Waals surface area contributed by atoms with Crippen LogP contribution < -0.4 is 0 Å². The van der Waals surface area contributed by atoms with Gasteiger partial charge in [-0.15, -0.1) is 0 Å². The molecule has 0 spiro atoms. The van der Waals surface area contributed by atoms with Crippen molar-refractivity contribution in [3.8, 4) is 0 Å². The van der Waals surface area contributed by atoms with Crippen molar-refractivity contribution in [1.29, 1.82) is 0 Å². The Labute approximate surface area is 203 Å². The molecule has 0 bridgehead atoms. The molecule has 3 rings (SSSR count). The van der Waals surface area contributed by atoms with Gasteiger partial charge in [-0.05, 0) is 0 Å². The molecule has 0 aromatic carbocycles. The van der Waals surface area contributed by atoms with Crippen LogP contribution in [0.1, 0.15) is 87.0 Å². The van der Waals surface area contributed by atoms with Crippen LogP contribution in [0.15, 0.2) is 0 Å². The third-order valence-electron chi connectivity index (χ3n) is 7.64. The van der Waals surface area contributed by atoms with E-state index in [1.165, 1.54) is 0 Å². The summed E-state index contributed by atoms with van der Waals surface area (Å²) in [5.41, 5.74) is 0. The molecule has 0 amide bonds. The molecule has 0 unspecified atom stereocenters. The summed E-state index contributed by atoms with van der Waals surface area (Å²) in [6.45, 7) is 13.8. The van der Waals surface area contributed by atoms with Gasteiger partial charge in [0.05, 0.1) is 0 Å². The van der Waals surface area contributed by atoms with Crippen LogP contribution in [-0.4, -0.2) is 65.1 Å². The van der Waals surface area contributed by atoms with Crippen LogP contribution in [0.25, 0.3) is 0 Å². The van der Waals surface area contributed by atoms with Crippen molar-refractivity contribution in [2.24, 2.45) is 5.92 Å². The van der Waals surface area contributed by atoms with Gasteiger partial charge in [-0.2, -0.15) is 0 Å². The Kier molecular flexibility index (Phi) is 9.20. The number of fused-ring (bicyclic) bond motifs is 1. The fourth-order valence-corrected chi connectivity index (χ4v) is 22.7. The number of rotatable bonds is 12. The predicted molar refractivity (Wildman–Crippen MR) is 127 cm³/mol. The SMILES string of the molecule is CCC[CH2][Sn]([CH2]CCC)([CH2]CCC)[C](F)(F)[C@H]1[C@H]2OC(C)(C)O[C@H]2O[C@@H]1[C@H]1COC(C)(C)O1. The average Bonchev–Trinajstić information content (AvgIpc) is 3.35. The standard InChI is InChI=1S/C13H19F2O5.3C4H9.Sn/c1-12(2)16-5-6(18-12)8-7(10(14)15)9-11(17-8)20-13(3,4)19-9;3*1-3-4-2;/h6-9,11H,5H2,1-4H3;3*1,3-4H2,2H3;/t6-,7-,8-,9-,11-;;;;/m1..../s1. The van der Waals surface area contributed by atoms with Gasteiger partial charge in [-0.1, -0.05) is 0 Å². The molecule has 0 radical (unpaired) electrons. The number of halogens is 2. The van der Waals surface area contributed by atoms with Gasteiger partial charge in [-0.25, -0.2) is 0 Å². The quantitative estimate of drug-likeness (QED) is 0.241. The Bertz CT molecular complexity index is 623. The zero-order valence-corrected chi connectivity index (χ0v) is 24.6. The van der Waals surface area contributed by atoms with Crippen LogP contribution in [-0.2, 0) is 23.7 Å². The summed E-state index contributed by atoms with van der Waals surface area (Å²) >= 11 is -4.02. The normalized spacial score (nSPS) is 33.5. The first-order valence-electron chi connectivity index (χ1n) is 13.1. The van der Waals surface area contributed by atoms with Gasteiger partial charge in [0, 0.05) is 0 Å². The van der Waals surface area contributed by atoms with E-state index in [2.05, 4.69) is 20.8 Å². The second-order valence-electron chi connectivity index (χ2n) is 11.2. The topological polar surface area (TPSA) is 46.2 Å². The van der Waals surface area contributed by atoms with Crippen molar-refractivity contribution in [3.63, 3.8) is 0 Å². The van der Waals surface area contributed by atoms with Crippen molar-refractivity contribution < 1.29 is 32.5 Å². The molecule has 8 heteroatoms. The van der Waals surface area contributed by atoms with E-state index in [0.717, 1.165) is 51.8 Å². The molecule has 5 atom stereocenters. The fraction of sp³-hybridized carbons (Fsp3) is 1.00. The van der Waals surface area contributed by atoms with Crippen molar-refractivity contribution in [2.45, 2.75) is 140 Å². The summed E-state index contributed by atoms with van der Waals surface area (Å²) in [6, 6.07) is 0. The van der Waals surface area contributed by atoms with Crippen LogP contribution in [0.5, 0.6) is 0 Å². The molecule has 0 aliphatic carbocycles. The molecule has 194 valence electrons. The summed E-state index contributed by atoms with van der Waals surface area (Å²) in [5, 5.41) is 0. The summed E-state index contributed by atoms with van der Waals surface area (Å²) in [6.07, 6.45) is 2.56. The number of hydrogen-bond acceptors (Lipinski definition) is 5. The van der Waals surface area contributed by atoms with E-state index >= 15 is 8.78 Å². The molecular weight excluding hydrogens is 537 g/mol. The number of alkyl halides is 2. The number of unbranched alkanes of at least 4 members (excludes halogenated alkanes) is 3. The summed E-state index contributed by atoms with van der Waals surface area (Å²) < 4.78 is 63.8. The second-order valence-corrected chi connectivity index (χ2v) is 24.7. The Morgan fingerprint density at radius 1 is 0.788 bits per heavy atom. The molecule has 3 aliphatic rings. The van der Waals surface area contributed by atoms with E-state index in [0.29, 0.717) is 0 Å². The second kappa shape index (κ2) is 10.8. The summed E-state index contributed by atoms with van der Waals surface area (Å²) in [4.78, 5) is 0. The third kappa shape index (κ3) is 5.90. The maximum absolute atomic E-state index is 17.2. The monoisotopic (exact) mass is 584 g/mol. The Balaban J connectivity index is 2.01. The Hall–Kier alpha value is 0.459. The van der Waals surface area contributed by atoms with E-state index in [-0.39, 0.29) is 6.61 Å². The Morgan fingerprint density at radius 2 is 1.33 bits per heavy atom. The predicted octanol–water partition coefficient (Wildman–Crippen LogP) is 6.65. The van der Waals surface area contributed by atoms with Crippen LogP contribution >= 0.6 is 0 Å². The molecule has 0 saturated carbocycles. The first kappa shape index (κ1) is 28.0. The van der Waals surface area contributed by atoms with Crippen molar-refractivity contribution in [1.82, 2.24) is 0 Å². The molecule has 0 aromatic rings. The van der Waals surface area contributed by atoms with Gasteiger partial charge < -0.3 is 0 Å². The molecule has 5 nitrogen and oxygen atoms in total. The van der Waals surface area contributed by atoms with Gasteiger partial charge in [0.2, 0.25) is 0 Å². The molecular formula is C25H46F2O5Sn. The minimum atomic E-state index is -4.02. The third-order valence-corrected chi connectivity index (χ3v) is 23.8. The zero-order chi connectivity index (χ0) is 24.5. The molecule has 0 aromatic heterocycles. The van der Waals surface area contributed by atoms with E-state index < -0.39 is 64.4 Å². The summed E-state index contributed by atoms with van der Waals surface area (Å²) in [5.74, 6) is -2.80. The minimum absolute atomic E-state index is 0.245. The van der Waals surface area contributed by atoms with Crippen LogP contribution in [0.2, 0.25) is 13.3 Å². The van der Waals surface area contributed by atoms with Crippen molar-refractivity contribution >= 4 is 18.4 Å². The van der Waals surface area contributed by atoms with E-state index in [4.69, 9.17) is 23.7 Å². The van der Waals surface area contributed by atoms with E-state index in [1.807, 2.05) is 13.8 Å². The van der Waals surface area contributed by atoms with Gasteiger partial charge in [0.25, 0.3) is 0 Å². The van der Waals surface area contributed by atoms with Gasteiger partial charge in [-0.3, -0.25) is 0 Å². The maximum atomic E-state index is 17.2. The van der Waals surface area contributed by atoms with Crippen LogP contribution in [0, 0.1) is 5.92 Å². The number of ether oxygens (including phenoxy) is 5. The average molecular weight is 583 g/mol. The van der Waals surface area contributed by atoms with E-state index in [9.17, 15) is 0 Å². The first-order chi connectivity index (χ1) is 15.4. The van der Waals surface area contributed by atoms with Crippen LogP contribution in [0.4, 0.5) is 8.78 Å². The Morgan fingerprint density at radius 3 is 1.79 bits per heavy atom. The molecule has 3 fully saturated rings. The molecule has 3 saturated heterocycles. The molecule has 3 heterocycles. The van der Waals surface area contributed by atoms with Crippen LogP contribution in [0.3, 0.4) is 0 Å². The number of hydrogen-bond donors (Lipinski definition) is 0. The van der Waals surface area contributed by atoms with Crippen molar-refractivity contribution in [2.75, 3.05) is 6.61 Å².